The van der Waals surface area contributed by atoms with Crippen LogP contribution in [-0.4, -0.2) is 53.8 Å². The Morgan fingerprint density at radius 2 is 2.19 bits per heavy atom. The highest BCUT2D eigenvalue weighted by Gasteiger charge is 2.23. The minimum absolute atomic E-state index is 0.402. The molecule has 1 atom stereocenters. The summed E-state index contributed by atoms with van der Waals surface area (Å²) in [5, 5.41) is 3.46. The molecule has 1 saturated heterocycles. The molecule has 0 aliphatic carbocycles. The van der Waals surface area contributed by atoms with Gasteiger partial charge in [0.25, 0.3) is 0 Å². The highest BCUT2D eigenvalue weighted by molar-refractivity contribution is 5.47. The first-order chi connectivity index (χ1) is 10.2. The molecule has 1 aromatic heterocycles. The molecular formula is C16H26N4O. The van der Waals surface area contributed by atoms with E-state index in [1.807, 2.05) is 0 Å². The van der Waals surface area contributed by atoms with Crippen LogP contribution in [0.1, 0.15) is 31.5 Å². The third-order valence-electron chi connectivity index (χ3n) is 4.34. The Bertz CT molecular complexity index is 471. The molecule has 1 fully saturated rings. The van der Waals surface area contributed by atoms with Crippen LogP contribution < -0.4 is 5.32 Å². The molecule has 1 N–H and O–H groups in total. The molecule has 3 rings (SSSR count). The van der Waals surface area contributed by atoms with Gasteiger partial charge in [0.05, 0.1) is 12.3 Å². The van der Waals surface area contributed by atoms with Gasteiger partial charge in [-0.3, -0.25) is 0 Å². The van der Waals surface area contributed by atoms with Crippen LogP contribution in [0.5, 0.6) is 0 Å². The lowest BCUT2D eigenvalue weighted by Gasteiger charge is -2.22. The van der Waals surface area contributed by atoms with Crippen LogP contribution in [0.4, 0.5) is 5.82 Å². The molecular weight excluding hydrogens is 264 g/mol. The molecule has 0 radical (unpaired) electrons. The van der Waals surface area contributed by atoms with E-state index in [4.69, 9.17) is 4.74 Å². The van der Waals surface area contributed by atoms with Crippen molar-refractivity contribution >= 4 is 5.82 Å². The molecule has 0 saturated carbocycles. The lowest BCUT2D eigenvalue weighted by Crippen LogP contribution is -2.32. The fourth-order valence-electron chi connectivity index (χ4n) is 3.25. The van der Waals surface area contributed by atoms with Crippen molar-refractivity contribution in [3.8, 4) is 0 Å². The molecule has 0 aromatic carbocycles. The molecule has 116 valence electrons. The molecule has 5 nitrogen and oxygen atoms in total. The Balaban J connectivity index is 1.67. The molecule has 5 heteroatoms. The van der Waals surface area contributed by atoms with Gasteiger partial charge in [-0.1, -0.05) is 0 Å². The van der Waals surface area contributed by atoms with Crippen molar-refractivity contribution in [3.63, 3.8) is 0 Å². The van der Waals surface area contributed by atoms with Gasteiger partial charge < -0.3 is 15.0 Å². The van der Waals surface area contributed by atoms with Gasteiger partial charge in [0.2, 0.25) is 0 Å². The zero-order valence-electron chi connectivity index (χ0n) is 13.1. The summed E-state index contributed by atoms with van der Waals surface area (Å²) in [6.45, 7) is 9.53. The monoisotopic (exact) mass is 290 g/mol. The second kappa shape index (κ2) is 6.71. The third-order valence-corrected chi connectivity index (χ3v) is 4.34. The summed E-state index contributed by atoms with van der Waals surface area (Å²) < 4.78 is 5.50. The van der Waals surface area contributed by atoms with Gasteiger partial charge in [-0.25, -0.2) is 9.97 Å². The number of nitrogens with one attached hydrogen (secondary N) is 1. The Morgan fingerprint density at radius 1 is 1.33 bits per heavy atom. The number of anilines is 1. The topological polar surface area (TPSA) is 50.3 Å². The molecule has 2 aliphatic heterocycles. The van der Waals surface area contributed by atoms with Crippen LogP contribution >= 0.6 is 0 Å². The van der Waals surface area contributed by atoms with Gasteiger partial charge in [-0.15, -0.1) is 0 Å². The average Bonchev–Trinajstić information content (AvgIpc) is 2.86. The van der Waals surface area contributed by atoms with Gasteiger partial charge in [0, 0.05) is 44.3 Å². The summed E-state index contributed by atoms with van der Waals surface area (Å²) in [7, 11) is 0. The van der Waals surface area contributed by atoms with Crippen LogP contribution in [0, 0.1) is 5.92 Å². The lowest BCUT2D eigenvalue weighted by atomic mass is 10.1. The predicted molar refractivity (Wildman–Crippen MR) is 83.6 cm³/mol. The van der Waals surface area contributed by atoms with Crippen molar-refractivity contribution in [2.24, 2.45) is 5.92 Å². The van der Waals surface area contributed by atoms with Crippen molar-refractivity contribution in [3.05, 3.63) is 17.6 Å². The first-order valence-electron chi connectivity index (χ1n) is 8.11. The number of rotatable bonds is 4. The van der Waals surface area contributed by atoms with E-state index in [1.165, 1.54) is 17.7 Å². The summed E-state index contributed by atoms with van der Waals surface area (Å²) >= 11 is 0. The Hall–Kier alpha value is -1.20. The quantitative estimate of drug-likeness (QED) is 0.915. The molecule has 1 unspecified atom stereocenters. The zero-order valence-corrected chi connectivity index (χ0v) is 13.1. The van der Waals surface area contributed by atoms with E-state index >= 15 is 0 Å². The molecule has 0 amide bonds. The molecule has 1 aromatic rings. The van der Waals surface area contributed by atoms with E-state index < -0.39 is 0 Å². The van der Waals surface area contributed by atoms with Gasteiger partial charge in [-0.05, 0) is 32.6 Å². The largest absolute Gasteiger partial charge is 0.381 e. The van der Waals surface area contributed by atoms with Gasteiger partial charge in [0.1, 0.15) is 12.1 Å². The number of aromatic nitrogens is 2. The smallest absolute Gasteiger partial charge is 0.133 e. The minimum Gasteiger partial charge on any atom is -0.381 e. The highest BCUT2D eigenvalue weighted by atomic mass is 16.5. The summed E-state index contributed by atoms with van der Waals surface area (Å²) in [4.78, 5) is 11.5. The van der Waals surface area contributed by atoms with Crippen molar-refractivity contribution in [2.75, 3.05) is 38.2 Å². The van der Waals surface area contributed by atoms with E-state index in [0.29, 0.717) is 12.0 Å². The predicted octanol–water partition coefficient (Wildman–Crippen LogP) is 1.73. The van der Waals surface area contributed by atoms with Gasteiger partial charge in [-0.2, -0.15) is 0 Å². The summed E-state index contributed by atoms with van der Waals surface area (Å²) in [6, 6.07) is 0.402. The van der Waals surface area contributed by atoms with E-state index in [1.54, 1.807) is 6.33 Å². The van der Waals surface area contributed by atoms with Gasteiger partial charge >= 0.3 is 0 Å². The van der Waals surface area contributed by atoms with Crippen LogP contribution in [0.25, 0.3) is 0 Å². The number of hydrogen-bond donors (Lipinski definition) is 1. The molecule has 3 heterocycles. The number of ether oxygens (including phenoxy) is 1. The second-order valence-corrected chi connectivity index (χ2v) is 6.48. The zero-order chi connectivity index (χ0) is 14.7. The minimum atomic E-state index is 0.402. The lowest BCUT2D eigenvalue weighted by molar-refractivity contribution is 0.168. The molecule has 0 bridgehead atoms. The van der Waals surface area contributed by atoms with Crippen molar-refractivity contribution in [2.45, 2.75) is 39.2 Å². The Labute approximate surface area is 127 Å². The summed E-state index contributed by atoms with van der Waals surface area (Å²) in [6.07, 6.45) is 4.98. The maximum atomic E-state index is 5.50. The maximum absolute atomic E-state index is 5.50. The molecule has 2 aliphatic rings. The fourth-order valence-corrected chi connectivity index (χ4v) is 3.25. The Morgan fingerprint density at radius 3 is 2.95 bits per heavy atom. The first-order valence-corrected chi connectivity index (χ1v) is 8.11. The molecule has 0 spiro atoms. The van der Waals surface area contributed by atoms with Crippen molar-refractivity contribution in [1.29, 1.82) is 0 Å². The standard InChI is InChI=1S/C16H26N4O/c1-12(2)19-16-14-3-6-20(9-13-5-8-21-10-13)7-4-15(14)17-11-18-16/h11-13H,3-10H2,1-2H3,(H,17,18,19). The fraction of sp³-hybridized carbons (Fsp3) is 0.750. The third kappa shape index (κ3) is 3.71. The van der Waals surface area contributed by atoms with E-state index in [2.05, 4.69) is 34.0 Å². The average molecular weight is 290 g/mol. The summed E-state index contributed by atoms with van der Waals surface area (Å²) in [5.74, 6) is 1.74. The van der Waals surface area contributed by atoms with Crippen LogP contribution in [0.2, 0.25) is 0 Å². The van der Waals surface area contributed by atoms with Crippen molar-refractivity contribution in [1.82, 2.24) is 14.9 Å². The van der Waals surface area contributed by atoms with E-state index in [0.717, 1.165) is 51.5 Å². The van der Waals surface area contributed by atoms with Crippen LogP contribution in [0.3, 0.4) is 0 Å². The molecule has 21 heavy (non-hydrogen) atoms. The maximum Gasteiger partial charge on any atom is 0.133 e. The van der Waals surface area contributed by atoms with Crippen molar-refractivity contribution < 1.29 is 4.74 Å². The van der Waals surface area contributed by atoms with Crippen LogP contribution in [-0.2, 0) is 17.6 Å². The Kier molecular flexibility index (Phi) is 4.70. The first kappa shape index (κ1) is 14.7. The van der Waals surface area contributed by atoms with Gasteiger partial charge in [0.15, 0.2) is 0 Å². The normalized spacial score (nSPS) is 23.1. The SMILES string of the molecule is CC(C)Nc1ncnc2c1CCN(CC1CCOC1)CC2. The number of hydrogen-bond acceptors (Lipinski definition) is 5. The van der Waals surface area contributed by atoms with Crippen LogP contribution in [0.15, 0.2) is 6.33 Å². The summed E-state index contributed by atoms with van der Waals surface area (Å²) in [5.41, 5.74) is 2.54. The van der Waals surface area contributed by atoms with E-state index in [-0.39, 0.29) is 0 Å². The van der Waals surface area contributed by atoms with E-state index in [9.17, 15) is 0 Å². The second-order valence-electron chi connectivity index (χ2n) is 6.48. The number of fused-ring (bicyclic) bond motifs is 1. The number of nitrogens with zero attached hydrogens (tertiary/aromatic N) is 3. The highest BCUT2D eigenvalue weighted by Crippen LogP contribution is 2.22.